The predicted molar refractivity (Wildman–Crippen MR) is 76.8 cm³/mol. The van der Waals surface area contributed by atoms with Crippen molar-refractivity contribution < 1.29 is 13.2 Å². The second kappa shape index (κ2) is 5.48. The summed E-state index contributed by atoms with van der Waals surface area (Å²) in [5.74, 6) is 0. The Hall–Kier alpha value is -1.11. The Morgan fingerprint density at radius 1 is 1.05 bits per heavy atom. The van der Waals surface area contributed by atoms with Crippen molar-refractivity contribution >= 4 is 22.6 Å². The van der Waals surface area contributed by atoms with Crippen molar-refractivity contribution in [1.82, 2.24) is 4.98 Å². The summed E-state index contributed by atoms with van der Waals surface area (Å²) < 4.78 is 38.3. The summed E-state index contributed by atoms with van der Waals surface area (Å²) in [4.78, 5) is 4.34. The molecule has 1 heterocycles. The lowest BCUT2D eigenvalue weighted by Gasteiger charge is -2.09. The van der Waals surface area contributed by atoms with Gasteiger partial charge in [0.2, 0.25) is 0 Å². The van der Waals surface area contributed by atoms with Gasteiger partial charge in [0.25, 0.3) is 0 Å². The zero-order valence-electron chi connectivity index (χ0n) is 10.1. The highest BCUT2D eigenvalue weighted by molar-refractivity contribution is 14.1. The molecule has 0 aliphatic carbocycles. The highest BCUT2D eigenvalue weighted by Crippen LogP contribution is 2.31. The van der Waals surface area contributed by atoms with Gasteiger partial charge >= 0.3 is 6.18 Å². The van der Waals surface area contributed by atoms with Crippen molar-refractivity contribution in [3.8, 4) is 11.1 Å². The number of aromatic nitrogens is 1. The van der Waals surface area contributed by atoms with Crippen molar-refractivity contribution in [2.75, 3.05) is 0 Å². The molecule has 5 heteroatoms. The van der Waals surface area contributed by atoms with Gasteiger partial charge in [0, 0.05) is 5.69 Å². The van der Waals surface area contributed by atoms with E-state index in [9.17, 15) is 13.2 Å². The molecule has 0 aliphatic rings. The van der Waals surface area contributed by atoms with Crippen LogP contribution in [0.1, 0.15) is 18.2 Å². The van der Waals surface area contributed by atoms with Crippen LogP contribution in [0.15, 0.2) is 36.4 Å². The van der Waals surface area contributed by atoms with E-state index in [0.717, 1.165) is 39.1 Å². The minimum atomic E-state index is -4.29. The molecule has 1 nitrogen and oxygen atoms in total. The number of hydrogen-bond acceptors (Lipinski definition) is 1. The summed E-state index contributed by atoms with van der Waals surface area (Å²) >= 11 is 2.11. The SMILES string of the molecule is CCc1cc(-c2ccc(C(F)(F)F)cc2)cc(I)n1. The van der Waals surface area contributed by atoms with Crippen molar-refractivity contribution in [3.05, 3.63) is 51.4 Å². The van der Waals surface area contributed by atoms with Gasteiger partial charge in [-0.25, -0.2) is 4.98 Å². The molecule has 0 atom stereocenters. The second-order valence-corrected chi connectivity index (χ2v) is 5.20. The largest absolute Gasteiger partial charge is 0.416 e. The summed E-state index contributed by atoms with van der Waals surface area (Å²) in [5.41, 5.74) is 1.96. The summed E-state index contributed by atoms with van der Waals surface area (Å²) in [5, 5.41) is 0. The van der Waals surface area contributed by atoms with Gasteiger partial charge in [-0.1, -0.05) is 19.1 Å². The van der Waals surface area contributed by atoms with E-state index in [1.165, 1.54) is 12.1 Å². The Bertz CT molecular complexity index is 576. The van der Waals surface area contributed by atoms with Gasteiger partial charge in [-0.2, -0.15) is 13.2 Å². The van der Waals surface area contributed by atoms with E-state index in [1.807, 2.05) is 19.1 Å². The van der Waals surface area contributed by atoms with Gasteiger partial charge in [-0.15, -0.1) is 0 Å². The number of benzene rings is 1. The number of rotatable bonds is 2. The number of hydrogen-bond donors (Lipinski definition) is 0. The summed E-state index contributed by atoms with van der Waals surface area (Å²) in [6, 6.07) is 8.97. The second-order valence-electron chi connectivity index (χ2n) is 4.10. The van der Waals surface area contributed by atoms with Crippen LogP contribution in [0.4, 0.5) is 13.2 Å². The van der Waals surface area contributed by atoms with Crippen LogP contribution < -0.4 is 0 Å². The Kier molecular flexibility index (Phi) is 4.13. The van der Waals surface area contributed by atoms with E-state index in [-0.39, 0.29) is 0 Å². The van der Waals surface area contributed by atoms with E-state index in [1.54, 1.807) is 0 Å². The lowest BCUT2D eigenvalue weighted by molar-refractivity contribution is -0.137. The van der Waals surface area contributed by atoms with Gasteiger partial charge in [-0.05, 0) is 64.4 Å². The normalized spacial score (nSPS) is 11.6. The van der Waals surface area contributed by atoms with E-state index >= 15 is 0 Å². The molecule has 19 heavy (non-hydrogen) atoms. The predicted octanol–water partition coefficient (Wildman–Crippen LogP) is 4.93. The molecule has 0 aliphatic heterocycles. The maximum Gasteiger partial charge on any atom is 0.416 e. The van der Waals surface area contributed by atoms with Crippen molar-refractivity contribution in [2.24, 2.45) is 0 Å². The third kappa shape index (κ3) is 3.46. The fourth-order valence-electron chi connectivity index (χ4n) is 1.75. The molecule has 2 aromatic rings. The summed E-state index contributed by atoms with van der Waals surface area (Å²) in [7, 11) is 0. The highest BCUT2D eigenvalue weighted by Gasteiger charge is 2.29. The quantitative estimate of drug-likeness (QED) is 0.534. The van der Waals surface area contributed by atoms with Crippen LogP contribution in [0.25, 0.3) is 11.1 Å². The maximum absolute atomic E-state index is 12.5. The van der Waals surface area contributed by atoms with Crippen LogP contribution in [0.2, 0.25) is 0 Å². The molecular formula is C14H11F3IN. The van der Waals surface area contributed by atoms with Gasteiger partial charge in [0.15, 0.2) is 0 Å². The molecule has 0 fully saturated rings. The molecule has 1 aromatic heterocycles. The zero-order chi connectivity index (χ0) is 14.0. The first-order valence-corrected chi connectivity index (χ1v) is 6.82. The van der Waals surface area contributed by atoms with Gasteiger partial charge < -0.3 is 0 Å². The third-order valence-electron chi connectivity index (χ3n) is 2.75. The minimum absolute atomic E-state index is 0.629. The number of pyridine rings is 1. The number of nitrogens with zero attached hydrogens (tertiary/aromatic N) is 1. The first-order chi connectivity index (χ1) is 8.90. The maximum atomic E-state index is 12.5. The van der Waals surface area contributed by atoms with Gasteiger partial charge in [0.05, 0.1) is 5.56 Å². The molecule has 0 N–H and O–H groups in total. The molecule has 2 rings (SSSR count). The Morgan fingerprint density at radius 3 is 2.21 bits per heavy atom. The fourth-order valence-corrected chi connectivity index (χ4v) is 2.40. The van der Waals surface area contributed by atoms with Crippen molar-refractivity contribution in [1.29, 1.82) is 0 Å². The number of alkyl halides is 3. The van der Waals surface area contributed by atoms with Crippen LogP contribution >= 0.6 is 22.6 Å². The summed E-state index contributed by atoms with van der Waals surface area (Å²) in [6.07, 6.45) is -3.50. The summed E-state index contributed by atoms with van der Waals surface area (Å²) in [6.45, 7) is 1.99. The van der Waals surface area contributed by atoms with Crippen LogP contribution in [0.3, 0.4) is 0 Å². The average molecular weight is 377 g/mol. The first-order valence-electron chi connectivity index (χ1n) is 5.74. The number of aryl methyl sites for hydroxylation is 1. The average Bonchev–Trinajstić information content (AvgIpc) is 2.37. The van der Waals surface area contributed by atoms with Crippen LogP contribution in [-0.2, 0) is 12.6 Å². The van der Waals surface area contributed by atoms with E-state index < -0.39 is 11.7 Å². The molecule has 100 valence electrons. The Labute approximate surface area is 123 Å². The van der Waals surface area contributed by atoms with E-state index in [4.69, 9.17) is 0 Å². The zero-order valence-corrected chi connectivity index (χ0v) is 12.3. The highest BCUT2D eigenvalue weighted by atomic mass is 127. The van der Waals surface area contributed by atoms with E-state index in [2.05, 4.69) is 27.6 Å². The smallest absolute Gasteiger partial charge is 0.247 e. The fraction of sp³-hybridized carbons (Fsp3) is 0.214. The van der Waals surface area contributed by atoms with E-state index in [0.29, 0.717) is 0 Å². The first kappa shape index (κ1) is 14.3. The van der Waals surface area contributed by atoms with Gasteiger partial charge in [0.1, 0.15) is 3.70 Å². The Morgan fingerprint density at radius 2 is 1.68 bits per heavy atom. The standard InChI is InChI=1S/C14H11F3IN/c1-2-12-7-10(8-13(18)19-12)9-3-5-11(6-4-9)14(15,16)17/h3-8H,2H2,1H3. The molecular weight excluding hydrogens is 366 g/mol. The monoisotopic (exact) mass is 377 g/mol. The minimum Gasteiger partial charge on any atom is -0.247 e. The molecule has 0 bridgehead atoms. The number of halogens is 4. The molecule has 0 radical (unpaired) electrons. The Balaban J connectivity index is 2.40. The van der Waals surface area contributed by atoms with Crippen molar-refractivity contribution in [2.45, 2.75) is 19.5 Å². The molecule has 0 unspecified atom stereocenters. The van der Waals surface area contributed by atoms with Crippen LogP contribution in [-0.4, -0.2) is 4.98 Å². The topological polar surface area (TPSA) is 12.9 Å². The molecule has 0 saturated heterocycles. The lowest BCUT2D eigenvalue weighted by atomic mass is 10.0. The van der Waals surface area contributed by atoms with Crippen molar-refractivity contribution in [3.63, 3.8) is 0 Å². The molecule has 0 spiro atoms. The molecule has 0 saturated carbocycles. The van der Waals surface area contributed by atoms with Crippen LogP contribution in [0.5, 0.6) is 0 Å². The van der Waals surface area contributed by atoms with Gasteiger partial charge in [-0.3, -0.25) is 0 Å². The lowest BCUT2D eigenvalue weighted by Crippen LogP contribution is -2.04. The molecule has 0 amide bonds. The molecule has 1 aromatic carbocycles. The van der Waals surface area contributed by atoms with Crippen LogP contribution in [0, 0.1) is 3.70 Å². The third-order valence-corrected chi connectivity index (χ3v) is 3.31.